The van der Waals surface area contributed by atoms with Crippen LogP contribution in [0.4, 0.5) is 10.2 Å². The van der Waals surface area contributed by atoms with Crippen molar-refractivity contribution >= 4 is 11.7 Å². The van der Waals surface area contributed by atoms with Crippen LogP contribution in [0.3, 0.4) is 0 Å². The quantitative estimate of drug-likeness (QED) is 0.352. The van der Waals surface area contributed by atoms with Gasteiger partial charge >= 0.3 is 0 Å². The Balaban J connectivity index is 1.40. The zero-order chi connectivity index (χ0) is 25.5. The number of hydrogen-bond acceptors (Lipinski definition) is 4. The van der Waals surface area contributed by atoms with E-state index in [0.29, 0.717) is 32.6 Å². The van der Waals surface area contributed by atoms with Gasteiger partial charge in [-0.3, -0.25) is 4.79 Å². The SMILES string of the molecule is CCCCCCc1ccc(C(=O)N2CCN(c3nc(C)nc(C)c3Cc3cccc(F)c3)CC2)cc1. The Morgan fingerprint density at radius 2 is 1.67 bits per heavy atom. The lowest BCUT2D eigenvalue weighted by atomic mass is 10.0. The fourth-order valence-electron chi connectivity index (χ4n) is 4.91. The Bertz CT molecular complexity index is 1170. The summed E-state index contributed by atoms with van der Waals surface area (Å²) in [6, 6.07) is 14.8. The minimum Gasteiger partial charge on any atom is -0.353 e. The van der Waals surface area contributed by atoms with Crippen LogP contribution in [0.2, 0.25) is 0 Å². The number of carbonyl (C=O) groups is 1. The first-order chi connectivity index (χ1) is 17.4. The molecule has 0 aliphatic carbocycles. The minimum absolute atomic E-state index is 0.0854. The molecule has 3 aromatic rings. The third-order valence-electron chi connectivity index (χ3n) is 6.96. The highest BCUT2D eigenvalue weighted by atomic mass is 19.1. The number of aryl methyl sites for hydroxylation is 3. The third-order valence-corrected chi connectivity index (χ3v) is 6.96. The molecule has 2 heterocycles. The van der Waals surface area contributed by atoms with E-state index < -0.39 is 0 Å². The summed E-state index contributed by atoms with van der Waals surface area (Å²) in [5.74, 6) is 1.46. The van der Waals surface area contributed by atoms with E-state index in [9.17, 15) is 9.18 Å². The molecule has 6 heteroatoms. The molecule has 1 saturated heterocycles. The maximum atomic E-state index is 13.8. The topological polar surface area (TPSA) is 49.3 Å². The maximum Gasteiger partial charge on any atom is 0.253 e. The van der Waals surface area contributed by atoms with E-state index in [1.54, 1.807) is 12.1 Å². The van der Waals surface area contributed by atoms with Crippen LogP contribution in [0.15, 0.2) is 48.5 Å². The summed E-state index contributed by atoms with van der Waals surface area (Å²) in [6.07, 6.45) is 6.63. The van der Waals surface area contributed by atoms with Gasteiger partial charge in [-0.15, -0.1) is 0 Å². The lowest BCUT2D eigenvalue weighted by Crippen LogP contribution is -2.49. The molecule has 190 valence electrons. The summed E-state index contributed by atoms with van der Waals surface area (Å²) in [7, 11) is 0. The second-order valence-electron chi connectivity index (χ2n) is 9.75. The van der Waals surface area contributed by atoms with Crippen molar-refractivity contribution in [2.45, 2.75) is 59.3 Å². The highest BCUT2D eigenvalue weighted by Gasteiger charge is 2.25. The number of rotatable bonds is 9. The Morgan fingerprint density at radius 1 is 0.917 bits per heavy atom. The number of benzene rings is 2. The molecule has 4 rings (SSSR count). The maximum absolute atomic E-state index is 13.8. The number of anilines is 1. The number of aromatic nitrogens is 2. The summed E-state index contributed by atoms with van der Waals surface area (Å²) in [4.78, 5) is 26.7. The molecule has 36 heavy (non-hydrogen) atoms. The predicted molar refractivity (Wildman–Crippen MR) is 143 cm³/mol. The van der Waals surface area contributed by atoms with E-state index >= 15 is 0 Å². The molecule has 0 atom stereocenters. The first-order valence-electron chi connectivity index (χ1n) is 13.2. The Morgan fingerprint density at radius 3 is 2.36 bits per heavy atom. The van der Waals surface area contributed by atoms with Crippen molar-refractivity contribution in [1.82, 2.24) is 14.9 Å². The Labute approximate surface area is 214 Å². The lowest BCUT2D eigenvalue weighted by Gasteiger charge is -2.36. The summed E-state index contributed by atoms with van der Waals surface area (Å²) in [5.41, 5.74) is 4.87. The second-order valence-corrected chi connectivity index (χ2v) is 9.75. The molecular formula is C30H37FN4O. The van der Waals surface area contributed by atoms with Crippen molar-refractivity contribution in [3.05, 3.63) is 88.1 Å². The van der Waals surface area contributed by atoms with Crippen LogP contribution >= 0.6 is 0 Å². The molecule has 1 aliphatic heterocycles. The predicted octanol–water partition coefficient (Wildman–Crippen LogP) is 5.91. The average Bonchev–Trinajstić information content (AvgIpc) is 2.88. The fourth-order valence-corrected chi connectivity index (χ4v) is 4.91. The van der Waals surface area contributed by atoms with Gasteiger partial charge in [0.1, 0.15) is 17.5 Å². The normalized spacial score (nSPS) is 13.8. The number of piperazine rings is 1. The molecule has 1 fully saturated rings. The van der Waals surface area contributed by atoms with E-state index in [1.165, 1.54) is 37.3 Å². The monoisotopic (exact) mass is 488 g/mol. The van der Waals surface area contributed by atoms with E-state index in [1.807, 2.05) is 36.9 Å². The fraction of sp³-hybridized carbons (Fsp3) is 0.433. The van der Waals surface area contributed by atoms with Crippen LogP contribution in [-0.2, 0) is 12.8 Å². The Hall–Kier alpha value is -3.28. The first-order valence-corrected chi connectivity index (χ1v) is 13.2. The summed E-state index contributed by atoms with van der Waals surface area (Å²) >= 11 is 0. The van der Waals surface area contributed by atoms with Crippen molar-refractivity contribution in [3.8, 4) is 0 Å². The average molecular weight is 489 g/mol. The number of hydrogen-bond donors (Lipinski definition) is 0. The number of halogens is 1. The van der Waals surface area contributed by atoms with Crippen LogP contribution in [0.25, 0.3) is 0 Å². The van der Waals surface area contributed by atoms with E-state index in [0.717, 1.165) is 40.4 Å². The van der Waals surface area contributed by atoms with Crippen LogP contribution in [0, 0.1) is 19.7 Å². The molecule has 1 aliphatic rings. The molecule has 5 nitrogen and oxygen atoms in total. The molecule has 1 amide bonds. The molecule has 1 aromatic heterocycles. The lowest BCUT2D eigenvalue weighted by molar-refractivity contribution is 0.0746. The molecular weight excluding hydrogens is 451 g/mol. The molecule has 0 unspecified atom stereocenters. The minimum atomic E-state index is -0.239. The molecule has 0 saturated carbocycles. The van der Waals surface area contributed by atoms with Gasteiger partial charge in [0.05, 0.1) is 0 Å². The van der Waals surface area contributed by atoms with Gasteiger partial charge < -0.3 is 9.80 Å². The largest absolute Gasteiger partial charge is 0.353 e. The van der Waals surface area contributed by atoms with Gasteiger partial charge in [-0.25, -0.2) is 14.4 Å². The van der Waals surface area contributed by atoms with E-state index in [4.69, 9.17) is 4.98 Å². The van der Waals surface area contributed by atoms with E-state index in [-0.39, 0.29) is 11.7 Å². The zero-order valence-electron chi connectivity index (χ0n) is 21.8. The smallest absolute Gasteiger partial charge is 0.253 e. The van der Waals surface area contributed by atoms with Gasteiger partial charge in [0.25, 0.3) is 5.91 Å². The summed E-state index contributed by atoms with van der Waals surface area (Å²) in [6.45, 7) is 8.79. The van der Waals surface area contributed by atoms with Gasteiger partial charge in [0, 0.05) is 49.4 Å². The van der Waals surface area contributed by atoms with Crippen LogP contribution in [-0.4, -0.2) is 47.0 Å². The molecule has 2 aromatic carbocycles. The standard InChI is InChI=1S/C30H37FN4O/c1-4-5-6-7-9-24-12-14-26(15-13-24)30(36)35-18-16-34(17-19-35)29-28(22(2)32-23(3)33-29)21-25-10-8-11-27(31)20-25/h8,10-15,20H,4-7,9,16-19,21H2,1-3H3. The van der Waals surface area contributed by atoms with Crippen LogP contribution in [0.5, 0.6) is 0 Å². The van der Waals surface area contributed by atoms with E-state index in [2.05, 4.69) is 28.9 Å². The highest BCUT2D eigenvalue weighted by Crippen LogP contribution is 2.26. The zero-order valence-corrected chi connectivity index (χ0v) is 21.8. The second kappa shape index (κ2) is 12.1. The summed E-state index contributed by atoms with van der Waals surface area (Å²) < 4.78 is 13.8. The number of carbonyl (C=O) groups excluding carboxylic acids is 1. The van der Waals surface area contributed by atoms with Crippen molar-refractivity contribution in [1.29, 1.82) is 0 Å². The number of nitrogens with zero attached hydrogens (tertiary/aromatic N) is 4. The first kappa shape index (κ1) is 25.8. The van der Waals surface area contributed by atoms with Gasteiger partial charge in [-0.05, 0) is 62.1 Å². The molecule has 0 bridgehead atoms. The Kier molecular flexibility index (Phi) is 8.68. The van der Waals surface area contributed by atoms with Gasteiger partial charge in [-0.2, -0.15) is 0 Å². The van der Waals surface area contributed by atoms with Crippen molar-refractivity contribution in [2.24, 2.45) is 0 Å². The molecule has 0 radical (unpaired) electrons. The van der Waals surface area contributed by atoms with Crippen molar-refractivity contribution in [3.63, 3.8) is 0 Å². The van der Waals surface area contributed by atoms with Crippen molar-refractivity contribution in [2.75, 3.05) is 31.1 Å². The molecule has 0 N–H and O–H groups in total. The molecule has 0 spiro atoms. The third kappa shape index (κ3) is 6.48. The van der Waals surface area contributed by atoms with Crippen LogP contribution in [0.1, 0.15) is 71.2 Å². The number of amides is 1. The van der Waals surface area contributed by atoms with Crippen LogP contribution < -0.4 is 4.90 Å². The summed E-state index contributed by atoms with van der Waals surface area (Å²) in [5, 5.41) is 0. The van der Waals surface area contributed by atoms with Gasteiger partial charge in [-0.1, -0.05) is 50.5 Å². The van der Waals surface area contributed by atoms with Crippen molar-refractivity contribution < 1.29 is 9.18 Å². The highest BCUT2D eigenvalue weighted by molar-refractivity contribution is 5.94. The van der Waals surface area contributed by atoms with Gasteiger partial charge in [0.15, 0.2) is 0 Å². The van der Waals surface area contributed by atoms with Gasteiger partial charge in [0.2, 0.25) is 0 Å². The number of unbranched alkanes of at least 4 members (excludes halogenated alkanes) is 3.